The summed E-state index contributed by atoms with van der Waals surface area (Å²) in [7, 11) is -3.38. The highest BCUT2D eigenvalue weighted by Gasteiger charge is 2.17. The van der Waals surface area contributed by atoms with Crippen LogP contribution in [0.3, 0.4) is 0 Å². The summed E-state index contributed by atoms with van der Waals surface area (Å²) >= 11 is 0. The van der Waals surface area contributed by atoms with E-state index in [-0.39, 0.29) is 11.7 Å². The van der Waals surface area contributed by atoms with Crippen molar-refractivity contribution < 1.29 is 13.2 Å². The lowest BCUT2D eigenvalue weighted by Gasteiger charge is -2.08. The molecule has 1 rings (SSSR count). The summed E-state index contributed by atoms with van der Waals surface area (Å²) in [5.74, 6) is 0.0767. The van der Waals surface area contributed by atoms with Gasteiger partial charge in [0.2, 0.25) is 15.9 Å². The summed E-state index contributed by atoms with van der Waals surface area (Å²) in [5.41, 5.74) is 0. The summed E-state index contributed by atoms with van der Waals surface area (Å²) in [6, 6.07) is 0. The number of hydrogen-bond acceptors (Lipinski definition) is 4. The van der Waals surface area contributed by atoms with E-state index in [9.17, 15) is 13.2 Å². The third kappa shape index (κ3) is 4.61. The topological polar surface area (TPSA) is 75.3 Å². The number of amides is 1. The molecule has 0 aromatic heterocycles. The average molecular weight is 234 g/mol. The molecular formula is C9H18N2O3S. The summed E-state index contributed by atoms with van der Waals surface area (Å²) < 4.78 is 24.2. The predicted molar refractivity (Wildman–Crippen MR) is 57.8 cm³/mol. The Balaban J connectivity index is 2.24. The number of carbonyl (C=O) groups excluding carboxylic acids is 1. The second-order valence-corrected chi connectivity index (χ2v) is 5.84. The molecule has 0 aromatic rings. The van der Waals surface area contributed by atoms with Crippen molar-refractivity contribution in [1.82, 2.24) is 10.0 Å². The van der Waals surface area contributed by atoms with Crippen LogP contribution in [0.1, 0.15) is 26.2 Å². The SMILES string of the molecule is CCS(=O)(=O)NC(=O)CCC1CCNC1. The van der Waals surface area contributed by atoms with E-state index in [1.807, 2.05) is 4.72 Å². The van der Waals surface area contributed by atoms with Crippen LogP contribution in [0, 0.1) is 5.92 Å². The molecule has 1 aliphatic rings. The van der Waals surface area contributed by atoms with Gasteiger partial charge in [-0.2, -0.15) is 0 Å². The molecule has 0 aliphatic carbocycles. The minimum atomic E-state index is -3.38. The van der Waals surface area contributed by atoms with E-state index >= 15 is 0 Å². The Morgan fingerprint density at radius 2 is 2.27 bits per heavy atom. The molecule has 1 heterocycles. The highest BCUT2D eigenvalue weighted by Crippen LogP contribution is 2.13. The van der Waals surface area contributed by atoms with Crippen LogP contribution in [0.5, 0.6) is 0 Å². The van der Waals surface area contributed by atoms with Crippen molar-refractivity contribution in [3.63, 3.8) is 0 Å². The molecule has 88 valence electrons. The Labute approximate surface area is 90.7 Å². The molecule has 0 bridgehead atoms. The van der Waals surface area contributed by atoms with Gasteiger partial charge in [0.25, 0.3) is 0 Å². The van der Waals surface area contributed by atoms with E-state index in [0.29, 0.717) is 12.3 Å². The van der Waals surface area contributed by atoms with Gasteiger partial charge in [-0.3, -0.25) is 9.52 Å². The highest BCUT2D eigenvalue weighted by molar-refractivity contribution is 7.90. The van der Waals surface area contributed by atoms with Crippen LogP contribution in [-0.2, 0) is 14.8 Å². The van der Waals surface area contributed by atoms with Gasteiger partial charge < -0.3 is 5.32 Å². The number of nitrogens with one attached hydrogen (secondary N) is 2. The third-order valence-corrected chi connectivity index (χ3v) is 3.89. The van der Waals surface area contributed by atoms with Gasteiger partial charge >= 0.3 is 0 Å². The summed E-state index contributed by atoms with van der Waals surface area (Å²) in [5, 5.41) is 3.21. The van der Waals surface area contributed by atoms with Crippen molar-refractivity contribution in [1.29, 1.82) is 0 Å². The third-order valence-electron chi connectivity index (χ3n) is 2.59. The first-order valence-corrected chi connectivity index (χ1v) is 6.93. The van der Waals surface area contributed by atoms with Crippen LogP contribution in [-0.4, -0.2) is 33.2 Å². The first kappa shape index (κ1) is 12.4. The lowest BCUT2D eigenvalue weighted by molar-refractivity contribution is -0.119. The lowest BCUT2D eigenvalue weighted by atomic mass is 10.0. The van der Waals surface area contributed by atoms with E-state index in [1.165, 1.54) is 6.92 Å². The van der Waals surface area contributed by atoms with Crippen molar-refractivity contribution in [2.45, 2.75) is 26.2 Å². The van der Waals surface area contributed by atoms with Gasteiger partial charge in [0.15, 0.2) is 0 Å². The van der Waals surface area contributed by atoms with E-state index in [4.69, 9.17) is 0 Å². The van der Waals surface area contributed by atoms with E-state index in [0.717, 1.165) is 25.9 Å². The first-order chi connectivity index (χ1) is 7.03. The molecule has 1 saturated heterocycles. The Hall–Kier alpha value is -0.620. The predicted octanol–water partition coefficient (Wildman–Crippen LogP) is -0.158. The second-order valence-electron chi connectivity index (χ2n) is 3.83. The zero-order valence-electron chi connectivity index (χ0n) is 8.95. The van der Waals surface area contributed by atoms with E-state index in [2.05, 4.69) is 5.32 Å². The van der Waals surface area contributed by atoms with Crippen LogP contribution in [0.25, 0.3) is 0 Å². The molecule has 5 nitrogen and oxygen atoms in total. The molecular weight excluding hydrogens is 216 g/mol. The maximum Gasteiger partial charge on any atom is 0.234 e. The standard InChI is InChI=1S/C9H18N2O3S/c1-2-15(13,14)11-9(12)4-3-8-5-6-10-7-8/h8,10H,2-7H2,1H3,(H,11,12). The highest BCUT2D eigenvalue weighted by atomic mass is 32.2. The van der Waals surface area contributed by atoms with Gasteiger partial charge in [-0.15, -0.1) is 0 Å². The minimum Gasteiger partial charge on any atom is -0.316 e. The van der Waals surface area contributed by atoms with Crippen LogP contribution < -0.4 is 10.0 Å². The van der Waals surface area contributed by atoms with Gasteiger partial charge in [0.05, 0.1) is 5.75 Å². The molecule has 1 atom stereocenters. The molecule has 0 saturated carbocycles. The van der Waals surface area contributed by atoms with E-state index < -0.39 is 10.0 Å². The Bertz CT molecular complexity index is 307. The largest absolute Gasteiger partial charge is 0.316 e. The minimum absolute atomic E-state index is 0.0519. The van der Waals surface area contributed by atoms with E-state index in [1.54, 1.807) is 0 Å². The number of carbonyl (C=O) groups is 1. The van der Waals surface area contributed by atoms with Crippen molar-refractivity contribution >= 4 is 15.9 Å². The maximum atomic E-state index is 11.3. The molecule has 1 unspecified atom stereocenters. The number of hydrogen-bond donors (Lipinski definition) is 2. The second kappa shape index (κ2) is 5.46. The van der Waals surface area contributed by atoms with Crippen LogP contribution in [0.2, 0.25) is 0 Å². The van der Waals surface area contributed by atoms with Crippen LogP contribution in [0.15, 0.2) is 0 Å². The molecule has 2 N–H and O–H groups in total. The van der Waals surface area contributed by atoms with Gasteiger partial charge in [0, 0.05) is 6.42 Å². The fourth-order valence-corrected chi connectivity index (χ4v) is 2.19. The molecule has 1 amide bonds. The van der Waals surface area contributed by atoms with Gasteiger partial charge in [-0.05, 0) is 38.8 Å². The fraction of sp³-hybridized carbons (Fsp3) is 0.889. The van der Waals surface area contributed by atoms with Gasteiger partial charge in [-0.1, -0.05) is 0 Å². The average Bonchev–Trinajstić information content (AvgIpc) is 2.66. The number of sulfonamides is 1. The smallest absolute Gasteiger partial charge is 0.234 e. The fourth-order valence-electron chi connectivity index (χ4n) is 1.59. The molecule has 0 aromatic carbocycles. The van der Waals surface area contributed by atoms with Crippen LogP contribution >= 0.6 is 0 Å². The summed E-state index contributed by atoms with van der Waals surface area (Å²) in [6.45, 7) is 3.45. The first-order valence-electron chi connectivity index (χ1n) is 5.27. The molecule has 0 spiro atoms. The molecule has 6 heteroatoms. The molecule has 0 radical (unpaired) electrons. The van der Waals surface area contributed by atoms with Gasteiger partial charge in [-0.25, -0.2) is 8.42 Å². The van der Waals surface area contributed by atoms with Crippen molar-refractivity contribution in [3.8, 4) is 0 Å². The number of rotatable bonds is 5. The molecule has 15 heavy (non-hydrogen) atoms. The van der Waals surface area contributed by atoms with Crippen LogP contribution in [0.4, 0.5) is 0 Å². The quantitative estimate of drug-likeness (QED) is 0.693. The zero-order chi connectivity index (χ0) is 11.3. The van der Waals surface area contributed by atoms with Crippen molar-refractivity contribution in [3.05, 3.63) is 0 Å². The lowest BCUT2D eigenvalue weighted by Crippen LogP contribution is -2.31. The Kier molecular flexibility index (Phi) is 4.53. The molecule has 1 aliphatic heterocycles. The van der Waals surface area contributed by atoms with Crippen molar-refractivity contribution in [2.75, 3.05) is 18.8 Å². The Morgan fingerprint density at radius 3 is 2.80 bits per heavy atom. The zero-order valence-corrected chi connectivity index (χ0v) is 9.77. The van der Waals surface area contributed by atoms with Crippen molar-refractivity contribution in [2.24, 2.45) is 5.92 Å². The summed E-state index contributed by atoms with van der Waals surface area (Å²) in [6.07, 6.45) is 2.14. The Morgan fingerprint density at radius 1 is 1.53 bits per heavy atom. The summed E-state index contributed by atoms with van der Waals surface area (Å²) in [4.78, 5) is 11.3. The molecule has 1 fully saturated rings. The maximum absolute atomic E-state index is 11.3. The normalized spacial score (nSPS) is 21.5. The monoisotopic (exact) mass is 234 g/mol. The van der Waals surface area contributed by atoms with Gasteiger partial charge in [0.1, 0.15) is 0 Å².